The third-order valence-corrected chi connectivity index (χ3v) is 4.97. The maximum atomic E-state index is 4.49. The van der Waals surface area contributed by atoms with Crippen molar-refractivity contribution in [2.24, 2.45) is 5.92 Å². The average Bonchev–Trinajstić information content (AvgIpc) is 2.96. The van der Waals surface area contributed by atoms with Gasteiger partial charge in [-0.3, -0.25) is 4.90 Å². The molecule has 0 N–H and O–H groups in total. The number of hydrogen-bond donors (Lipinski definition) is 0. The van der Waals surface area contributed by atoms with Crippen molar-refractivity contribution in [2.75, 3.05) is 37.6 Å². The molecule has 0 radical (unpaired) electrons. The number of aryl methyl sites for hydroxylation is 1. The van der Waals surface area contributed by atoms with Gasteiger partial charge in [0, 0.05) is 44.0 Å². The highest BCUT2D eigenvalue weighted by Crippen LogP contribution is 2.26. The molecule has 4 nitrogen and oxygen atoms in total. The first-order chi connectivity index (χ1) is 9.74. The number of aromatic nitrogens is 2. The van der Waals surface area contributed by atoms with Gasteiger partial charge in [-0.15, -0.1) is 0 Å². The Bertz CT molecular complexity index is 446. The highest BCUT2D eigenvalue weighted by molar-refractivity contribution is 5.47. The number of piperazine rings is 1. The summed E-state index contributed by atoms with van der Waals surface area (Å²) in [4.78, 5) is 13.8. The highest BCUT2D eigenvalue weighted by Gasteiger charge is 2.23. The lowest BCUT2D eigenvalue weighted by atomic mass is 10.1. The van der Waals surface area contributed by atoms with E-state index in [9.17, 15) is 0 Å². The standard InChI is InChI=1S/C16H26N4/c1-13-14(2)17-12-18-16(13)20-9-7-19(8-10-20)11-15-5-3-4-6-15/h12,15H,3-11H2,1-2H3. The summed E-state index contributed by atoms with van der Waals surface area (Å²) in [5.41, 5.74) is 2.33. The Labute approximate surface area is 122 Å². The monoisotopic (exact) mass is 274 g/mol. The minimum Gasteiger partial charge on any atom is -0.354 e. The van der Waals surface area contributed by atoms with Gasteiger partial charge < -0.3 is 4.90 Å². The quantitative estimate of drug-likeness (QED) is 0.847. The summed E-state index contributed by atoms with van der Waals surface area (Å²) >= 11 is 0. The Balaban J connectivity index is 1.56. The molecule has 1 aromatic rings. The predicted molar refractivity (Wildman–Crippen MR) is 82.1 cm³/mol. The molecule has 0 aromatic carbocycles. The molecule has 2 fully saturated rings. The normalized spacial score (nSPS) is 21.6. The van der Waals surface area contributed by atoms with Crippen molar-refractivity contribution in [2.45, 2.75) is 39.5 Å². The number of rotatable bonds is 3. The molecule has 2 heterocycles. The largest absolute Gasteiger partial charge is 0.354 e. The van der Waals surface area contributed by atoms with Crippen LogP contribution in [0.2, 0.25) is 0 Å². The van der Waals surface area contributed by atoms with Crippen LogP contribution >= 0.6 is 0 Å². The number of nitrogens with zero attached hydrogens (tertiary/aromatic N) is 4. The van der Waals surface area contributed by atoms with Crippen molar-refractivity contribution >= 4 is 5.82 Å². The van der Waals surface area contributed by atoms with Gasteiger partial charge in [0.05, 0.1) is 0 Å². The van der Waals surface area contributed by atoms with Crippen LogP contribution in [-0.4, -0.2) is 47.6 Å². The Hall–Kier alpha value is -1.16. The second kappa shape index (κ2) is 6.08. The molecule has 1 saturated heterocycles. The molecular formula is C16H26N4. The van der Waals surface area contributed by atoms with E-state index in [0.717, 1.165) is 30.5 Å². The Kier molecular flexibility index (Phi) is 4.20. The van der Waals surface area contributed by atoms with E-state index in [1.807, 2.05) is 0 Å². The molecule has 110 valence electrons. The minimum atomic E-state index is 0.963. The van der Waals surface area contributed by atoms with Gasteiger partial charge in [-0.25, -0.2) is 9.97 Å². The Morgan fingerprint density at radius 3 is 2.45 bits per heavy atom. The maximum absolute atomic E-state index is 4.49. The molecule has 0 amide bonds. The molecule has 20 heavy (non-hydrogen) atoms. The minimum absolute atomic E-state index is 0.963. The zero-order valence-electron chi connectivity index (χ0n) is 12.8. The van der Waals surface area contributed by atoms with Gasteiger partial charge in [0.15, 0.2) is 0 Å². The first-order valence-corrected chi connectivity index (χ1v) is 7.99. The third kappa shape index (κ3) is 2.95. The van der Waals surface area contributed by atoms with E-state index in [1.54, 1.807) is 6.33 Å². The molecule has 0 bridgehead atoms. The molecule has 1 aliphatic carbocycles. The van der Waals surface area contributed by atoms with Crippen LogP contribution in [0.5, 0.6) is 0 Å². The molecule has 1 aliphatic heterocycles. The Morgan fingerprint density at radius 1 is 1.05 bits per heavy atom. The average molecular weight is 274 g/mol. The molecule has 0 spiro atoms. The van der Waals surface area contributed by atoms with E-state index in [-0.39, 0.29) is 0 Å². The smallest absolute Gasteiger partial charge is 0.135 e. The van der Waals surface area contributed by atoms with Crippen LogP contribution in [0.4, 0.5) is 5.82 Å². The predicted octanol–water partition coefficient (Wildman–Crippen LogP) is 2.41. The molecule has 3 rings (SSSR count). The molecular weight excluding hydrogens is 248 g/mol. The van der Waals surface area contributed by atoms with Crippen LogP contribution in [0.25, 0.3) is 0 Å². The van der Waals surface area contributed by atoms with Crippen LogP contribution < -0.4 is 4.90 Å². The zero-order valence-corrected chi connectivity index (χ0v) is 12.8. The van der Waals surface area contributed by atoms with Crippen molar-refractivity contribution in [3.05, 3.63) is 17.6 Å². The summed E-state index contributed by atoms with van der Waals surface area (Å²) in [6.07, 6.45) is 7.49. The van der Waals surface area contributed by atoms with Crippen LogP contribution in [0, 0.1) is 19.8 Å². The lowest BCUT2D eigenvalue weighted by Gasteiger charge is -2.37. The van der Waals surface area contributed by atoms with Crippen molar-refractivity contribution in [1.29, 1.82) is 0 Å². The summed E-state index contributed by atoms with van der Waals surface area (Å²) in [5, 5.41) is 0. The fraction of sp³-hybridized carbons (Fsp3) is 0.750. The summed E-state index contributed by atoms with van der Waals surface area (Å²) in [6.45, 7) is 10.1. The van der Waals surface area contributed by atoms with Crippen molar-refractivity contribution in [3.8, 4) is 0 Å². The van der Waals surface area contributed by atoms with Crippen LogP contribution in [0.15, 0.2) is 6.33 Å². The van der Waals surface area contributed by atoms with Gasteiger partial charge in [0.2, 0.25) is 0 Å². The lowest BCUT2D eigenvalue weighted by Crippen LogP contribution is -2.48. The second-order valence-electron chi connectivity index (χ2n) is 6.35. The van der Waals surface area contributed by atoms with E-state index < -0.39 is 0 Å². The van der Waals surface area contributed by atoms with Crippen LogP contribution in [-0.2, 0) is 0 Å². The van der Waals surface area contributed by atoms with E-state index in [1.165, 1.54) is 50.9 Å². The van der Waals surface area contributed by atoms with Crippen LogP contribution in [0.3, 0.4) is 0 Å². The van der Waals surface area contributed by atoms with Crippen molar-refractivity contribution < 1.29 is 0 Å². The third-order valence-electron chi connectivity index (χ3n) is 4.97. The van der Waals surface area contributed by atoms with Crippen LogP contribution in [0.1, 0.15) is 36.9 Å². The molecule has 4 heteroatoms. The highest BCUT2D eigenvalue weighted by atomic mass is 15.3. The fourth-order valence-corrected chi connectivity index (χ4v) is 3.54. The van der Waals surface area contributed by atoms with E-state index in [4.69, 9.17) is 0 Å². The SMILES string of the molecule is Cc1ncnc(N2CCN(CC3CCCC3)CC2)c1C. The van der Waals surface area contributed by atoms with Gasteiger partial charge in [0.1, 0.15) is 12.1 Å². The summed E-state index contributed by atoms with van der Waals surface area (Å²) in [6, 6.07) is 0. The summed E-state index contributed by atoms with van der Waals surface area (Å²) in [5.74, 6) is 2.10. The topological polar surface area (TPSA) is 32.3 Å². The fourth-order valence-electron chi connectivity index (χ4n) is 3.54. The van der Waals surface area contributed by atoms with Gasteiger partial charge in [-0.1, -0.05) is 12.8 Å². The van der Waals surface area contributed by atoms with Gasteiger partial charge in [0.25, 0.3) is 0 Å². The van der Waals surface area contributed by atoms with Crippen molar-refractivity contribution in [3.63, 3.8) is 0 Å². The van der Waals surface area contributed by atoms with E-state index in [2.05, 4.69) is 33.6 Å². The first-order valence-electron chi connectivity index (χ1n) is 7.99. The number of hydrogen-bond acceptors (Lipinski definition) is 4. The lowest BCUT2D eigenvalue weighted by molar-refractivity contribution is 0.219. The van der Waals surface area contributed by atoms with Crippen molar-refractivity contribution in [1.82, 2.24) is 14.9 Å². The summed E-state index contributed by atoms with van der Waals surface area (Å²) in [7, 11) is 0. The molecule has 0 atom stereocenters. The van der Waals surface area contributed by atoms with Gasteiger partial charge in [-0.2, -0.15) is 0 Å². The Morgan fingerprint density at radius 2 is 1.75 bits per heavy atom. The number of anilines is 1. The first kappa shape index (κ1) is 13.8. The summed E-state index contributed by atoms with van der Waals surface area (Å²) < 4.78 is 0. The van der Waals surface area contributed by atoms with Gasteiger partial charge in [-0.05, 0) is 32.6 Å². The van der Waals surface area contributed by atoms with E-state index in [0.29, 0.717) is 0 Å². The second-order valence-corrected chi connectivity index (χ2v) is 6.35. The maximum Gasteiger partial charge on any atom is 0.135 e. The van der Waals surface area contributed by atoms with Gasteiger partial charge >= 0.3 is 0 Å². The molecule has 1 saturated carbocycles. The molecule has 0 unspecified atom stereocenters. The molecule has 1 aromatic heterocycles. The van der Waals surface area contributed by atoms with E-state index >= 15 is 0 Å². The zero-order chi connectivity index (χ0) is 13.9. The molecule has 2 aliphatic rings.